The fraction of sp³-hybridized carbons (Fsp3) is 0.150. The van der Waals surface area contributed by atoms with Crippen molar-refractivity contribution in [2.45, 2.75) is 12.6 Å². The van der Waals surface area contributed by atoms with Gasteiger partial charge in [-0.25, -0.2) is 29.3 Å². The van der Waals surface area contributed by atoms with E-state index in [0.29, 0.717) is 42.2 Å². The van der Waals surface area contributed by atoms with Gasteiger partial charge in [0.15, 0.2) is 17.3 Å². The van der Waals surface area contributed by atoms with Gasteiger partial charge in [-0.1, -0.05) is 12.1 Å². The number of benzene rings is 1. The monoisotopic (exact) mass is 430 g/mol. The van der Waals surface area contributed by atoms with E-state index < -0.39 is 23.4 Å². The molecule has 0 aliphatic rings. The van der Waals surface area contributed by atoms with Gasteiger partial charge in [-0.3, -0.25) is 0 Å². The lowest BCUT2D eigenvalue weighted by molar-refractivity contribution is -0.138. The Balaban J connectivity index is 1.36. The van der Waals surface area contributed by atoms with Crippen molar-refractivity contribution in [3.05, 3.63) is 72.2 Å². The van der Waals surface area contributed by atoms with E-state index in [0.717, 1.165) is 5.56 Å². The summed E-state index contributed by atoms with van der Waals surface area (Å²) in [5, 5.41) is 3.18. The maximum Gasteiger partial charge on any atom is 0.417 e. The molecule has 0 amide bonds. The summed E-state index contributed by atoms with van der Waals surface area (Å²) in [6.07, 6.45) is 1.00. The molecule has 7 nitrogen and oxygen atoms in total. The number of aromatic nitrogens is 5. The molecule has 0 saturated carbocycles. The van der Waals surface area contributed by atoms with E-state index in [4.69, 9.17) is 4.74 Å². The molecule has 158 valence electrons. The maximum atomic E-state index is 13.9. The third kappa shape index (κ3) is 4.82. The van der Waals surface area contributed by atoms with Crippen LogP contribution in [0.15, 0.2) is 55.2 Å². The molecule has 1 aromatic carbocycles. The Morgan fingerprint density at radius 1 is 0.935 bits per heavy atom. The number of alkyl halides is 3. The summed E-state index contributed by atoms with van der Waals surface area (Å²) in [5.74, 6) is -0.899. The quantitative estimate of drug-likeness (QED) is 0.453. The van der Waals surface area contributed by atoms with Crippen LogP contribution in [0, 0.1) is 5.82 Å². The fourth-order valence-electron chi connectivity index (χ4n) is 2.74. The second-order valence-electron chi connectivity index (χ2n) is 6.38. The SMILES string of the molecule is Fc1cc(C(F)(F)F)cnc1Oc1ccc(CCNc2ncnc3nccnc23)cc1. The zero-order chi connectivity index (χ0) is 21.8. The van der Waals surface area contributed by atoms with Crippen LogP contribution < -0.4 is 10.1 Å². The molecule has 0 bridgehead atoms. The molecule has 1 N–H and O–H groups in total. The number of anilines is 1. The van der Waals surface area contributed by atoms with Crippen molar-refractivity contribution in [2.75, 3.05) is 11.9 Å². The Morgan fingerprint density at radius 2 is 1.71 bits per heavy atom. The lowest BCUT2D eigenvalue weighted by Crippen LogP contribution is -2.08. The molecule has 11 heteroatoms. The largest absolute Gasteiger partial charge is 0.436 e. The van der Waals surface area contributed by atoms with Crippen molar-refractivity contribution in [1.82, 2.24) is 24.9 Å². The highest BCUT2D eigenvalue weighted by molar-refractivity contribution is 5.81. The third-order valence-electron chi connectivity index (χ3n) is 4.25. The van der Waals surface area contributed by atoms with E-state index >= 15 is 0 Å². The lowest BCUT2D eigenvalue weighted by Gasteiger charge is -2.10. The minimum atomic E-state index is -4.67. The minimum absolute atomic E-state index is 0.250. The molecule has 31 heavy (non-hydrogen) atoms. The molecule has 0 fully saturated rings. The fourth-order valence-corrected chi connectivity index (χ4v) is 2.74. The van der Waals surface area contributed by atoms with Gasteiger partial charge < -0.3 is 10.1 Å². The van der Waals surface area contributed by atoms with Crippen molar-refractivity contribution in [3.63, 3.8) is 0 Å². The van der Waals surface area contributed by atoms with Gasteiger partial charge in [0.1, 0.15) is 17.6 Å². The smallest absolute Gasteiger partial charge is 0.417 e. The summed E-state index contributed by atoms with van der Waals surface area (Å²) in [7, 11) is 0. The highest BCUT2D eigenvalue weighted by Crippen LogP contribution is 2.31. The predicted octanol–water partition coefficient (Wildman–Crippen LogP) is 4.42. The average molecular weight is 430 g/mol. The second-order valence-corrected chi connectivity index (χ2v) is 6.38. The van der Waals surface area contributed by atoms with Gasteiger partial charge in [-0.05, 0) is 30.2 Å². The molecular formula is C20H14F4N6O. The Bertz CT molecular complexity index is 1200. The van der Waals surface area contributed by atoms with Gasteiger partial charge in [0.05, 0.1) is 5.56 Å². The number of rotatable bonds is 6. The molecule has 0 saturated heterocycles. The zero-order valence-electron chi connectivity index (χ0n) is 15.8. The number of fused-ring (bicyclic) bond motifs is 1. The van der Waals surface area contributed by atoms with Crippen molar-refractivity contribution in [1.29, 1.82) is 0 Å². The molecule has 0 atom stereocenters. The van der Waals surface area contributed by atoms with Crippen molar-refractivity contribution < 1.29 is 22.3 Å². The van der Waals surface area contributed by atoms with Gasteiger partial charge in [-0.15, -0.1) is 0 Å². The van der Waals surface area contributed by atoms with E-state index in [1.165, 1.54) is 6.33 Å². The summed E-state index contributed by atoms with van der Waals surface area (Å²) >= 11 is 0. The first-order valence-corrected chi connectivity index (χ1v) is 9.05. The highest BCUT2D eigenvalue weighted by atomic mass is 19.4. The summed E-state index contributed by atoms with van der Waals surface area (Å²) < 4.78 is 56.9. The van der Waals surface area contributed by atoms with E-state index in [2.05, 4.69) is 30.2 Å². The number of hydrogen-bond donors (Lipinski definition) is 1. The number of halogens is 4. The number of pyridine rings is 1. The Hall–Kier alpha value is -3.89. The van der Waals surface area contributed by atoms with Crippen LogP contribution in [-0.4, -0.2) is 31.5 Å². The molecule has 3 aromatic heterocycles. The van der Waals surface area contributed by atoms with Crippen LogP contribution >= 0.6 is 0 Å². The van der Waals surface area contributed by atoms with Crippen LogP contribution in [-0.2, 0) is 12.6 Å². The normalized spacial score (nSPS) is 11.5. The Kier molecular flexibility index (Phi) is 5.56. The van der Waals surface area contributed by atoms with Crippen LogP contribution in [0.5, 0.6) is 11.6 Å². The van der Waals surface area contributed by atoms with Gasteiger partial charge in [0, 0.05) is 25.1 Å². The van der Waals surface area contributed by atoms with Crippen LogP contribution in [0.25, 0.3) is 11.2 Å². The topological polar surface area (TPSA) is 85.7 Å². The molecule has 0 aliphatic carbocycles. The molecule has 3 heterocycles. The maximum absolute atomic E-state index is 13.9. The van der Waals surface area contributed by atoms with Gasteiger partial charge in [0.2, 0.25) is 0 Å². The first-order chi connectivity index (χ1) is 14.9. The molecule has 0 unspecified atom stereocenters. The zero-order valence-corrected chi connectivity index (χ0v) is 15.8. The van der Waals surface area contributed by atoms with Crippen LogP contribution in [0.3, 0.4) is 0 Å². The van der Waals surface area contributed by atoms with Crippen molar-refractivity contribution in [2.24, 2.45) is 0 Å². The first-order valence-electron chi connectivity index (χ1n) is 9.05. The number of nitrogens with zero attached hydrogens (tertiary/aromatic N) is 5. The first kappa shape index (κ1) is 20.4. The highest BCUT2D eigenvalue weighted by Gasteiger charge is 2.32. The summed E-state index contributed by atoms with van der Waals surface area (Å²) in [4.78, 5) is 20.0. The molecule has 4 aromatic rings. The van der Waals surface area contributed by atoms with E-state index in [1.807, 2.05) is 0 Å². The van der Waals surface area contributed by atoms with Crippen LogP contribution in [0.4, 0.5) is 23.4 Å². The predicted molar refractivity (Wildman–Crippen MR) is 103 cm³/mol. The van der Waals surface area contributed by atoms with E-state index in [9.17, 15) is 17.6 Å². The number of ether oxygens (including phenoxy) is 1. The minimum Gasteiger partial charge on any atom is -0.436 e. The summed E-state index contributed by atoms with van der Waals surface area (Å²) in [6.45, 7) is 0.554. The van der Waals surface area contributed by atoms with Crippen molar-refractivity contribution >= 4 is 17.0 Å². The van der Waals surface area contributed by atoms with Crippen molar-refractivity contribution in [3.8, 4) is 11.6 Å². The van der Waals surface area contributed by atoms with E-state index in [-0.39, 0.29) is 5.75 Å². The molecule has 0 radical (unpaired) electrons. The van der Waals surface area contributed by atoms with Gasteiger partial charge in [-0.2, -0.15) is 13.2 Å². The number of hydrogen-bond acceptors (Lipinski definition) is 7. The Morgan fingerprint density at radius 3 is 2.45 bits per heavy atom. The van der Waals surface area contributed by atoms with Crippen LogP contribution in [0.1, 0.15) is 11.1 Å². The van der Waals surface area contributed by atoms with E-state index in [1.54, 1.807) is 36.7 Å². The third-order valence-corrected chi connectivity index (χ3v) is 4.25. The Labute approximate surface area is 173 Å². The molecule has 0 spiro atoms. The van der Waals surface area contributed by atoms with Crippen LogP contribution in [0.2, 0.25) is 0 Å². The average Bonchev–Trinajstić information content (AvgIpc) is 2.76. The number of nitrogens with one attached hydrogen (secondary N) is 1. The lowest BCUT2D eigenvalue weighted by atomic mass is 10.1. The molecule has 0 aliphatic heterocycles. The molecular weight excluding hydrogens is 416 g/mol. The summed E-state index contributed by atoms with van der Waals surface area (Å²) in [5.41, 5.74) is 0.832. The van der Waals surface area contributed by atoms with Gasteiger partial charge >= 0.3 is 6.18 Å². The standard InChI is InChI=1S/C20H14F4N6O/c21-15-9-13(20(22,23)24)10-28-19(15)31-14-3-1-12(2-4-14)5-6-26-17-16-18(30-11-29-17)27-8-7-25-16/h1-4,7-11H,5-6H2,(H,26,27,29,30). The molecule has 4 rings (SSSR count). The summed E-state index contributed by atoms with van der Waals surface area (Å²) in [6, 6.07) is 7.04. The van der Waals surface area contributed by atoms with Gasteiger partial charge in [0.25, 0.3) is 5.88 Å². The second kappa shape index (κ2) is 8.46.